The fourth-order valence-electron chi connectivity index (χ4n) is 3.64. The number of aliphatic hydroxyl groups excluding tert-OH is 1. The average Bonchev–Trinajstić information content (AvgIpc) is 2.82. The molecule has 5 heteroatoms. The molecule has 1 saturated carbocycles. The maximum atomic E-state index is 9.20. The molecule has 1 heterocycles. The van der Waals surface area contributed by atoms with E-state index in [1.54, 1.807) is 0 Å². The van der Waals surface area contributed by atoms with Crippen molar-refractivity contribution in [3.63, 3.8) is 0 Å². The molecule has 2 rings (SSSR count). The van der Waals surface area contributed by atoms with Crippen molar-refractivity contribution in [3.05, 3.63) is 17.0 Å². The molecule has 0 aromatic carbocycles. The van der Waals surface area contributed by atoms with E-state index >= 15 is 0 Å². The highest BCUT2D eigenvalue weighted by Crippen LogP contribution is 2.26. The van der Waals surface area contributed by atoms with Crippen LogP contribution in [0.5, 0.6) is 0 Å². The Morgan fingerprint density at radius 1 is 1.26 bits per heavy atom. The van der Waals surface area contributed by atoms with Gasteiger partial charge in [-0.15, -0.1) is 0 Å². The van der Waals surface area contributed by atoms with Gasteiger partial charge in [0.1, 0.15) is 0 Å². The summed E-state index contributed by atoms with van der Waals surface area (Å²) in [5.74, 6) is 2.42. The van der Waals surface area contributed by atoms with Gasteiger partial charge in [0, 0.05) is 36.1 Å². The van der Waals surface area contributed by atoms with Crippen molar-refractivity contribution in [1.29, 1.82) is 0 Å². The van der Waals surface area contributed by atoms with Gasteiger partial charge in [0.25, 0.3) is 0 Å². The molecule has 0 unspecified atom stereocenters. The first-order valence-electron chi connectivity index (χ1n) is 9.12. The summed E-state index contributed by atoms with van der Waals surface area (Å²) in [6, 6.07) is 0.737. The molecule has 0 amide bonds. The molecule has 0 radical (unpaired) electrons. The summed E-state index contributed by atoms with van der Waals surface area (Å²) in [6.45, 7) is 9.43. The molecule has 0 aliphatic heterocycles. The number of aryl methyl sites for hydroxylation is 1. The fourth-order valence-corrected chi connectivity index (χ4v) is 4.29. The summed E-state index contributed by atoms with van der Waals surface area (Å²) in [5, 5.41) is 13.8. The summed E-state index contributed by atoms with van der Waals surface area (Å²) >= 11 is 2.04. The third-order valence-electron chi connectivity index (χ3n) is 5.02. The van der Waals surface area contributed by atoms with Crippen LogP contribution in [0, 0.1) is 13.8 Å². The maximum Gasteiger partial charge on any atom is 0.0644 e. The van der Waals surface area contributed by atoms with Crippen molar-refractivity contribution in [2.45, 2.75) is 72.0 Å². The molecular weight excluding hydrogens is 306 g/mol. The Balaban J connectivity index is 2.09. The largest absolute Gasteiger partial charge is 0.394 e. The van der Waals surface area contributed by atoms with Crippen molar-refractivity contribution in [3.8, 4) is 0 Å². The Morgan fingerprint density at radius 3 is 2.65 bits per heavy atom. The van der Waals surface area contributed by atoms with E-state index in [0.717, 1.165) is 18.3 Å². The van der Waals surface area contributed by atoms with Gasteiger partial charge < -0.3 is 5.11 Å². The van der Waals surface area contributed by atoms with Crippen LogP contribution in [-0.4, -0.2) is 50.5 Å². The van der Waals surface area contributed by atoms with Crippen molar-refractivity contribution in [2.24, 2.45) is 0 Å². The quantitative estimate of drug-likeness (QED) is 0.700. The lowest BCUT2D eigenvalue weighted by molar-refractivity contribution is 0.157. The lowest BCUT2D eigenvalue weighted by atomic mass is 9.93. The Morgan fingerprint density at radius 2 is 2.00 bits per heavy atom. The second kappa shape index (κ2) is 9.70. The second-order valence-corrected chi connectivity index (χ2v) is 7.95. The molecule has 1 aliphatic carbocycles. The highest BCUT2D eigenvalue weighted by molar-refractivity contribution is 7.99. The maximum absolute atomic E-state index is 9.20. The van der Waals surface area contributed by atoms with E-state index in [0.29, 0.717) is 6.54 Å². The van der Waals surface area contributed by atoms with Crippen molar-refractivity contribution < 1.29 is 5.11 Å². The van der Waals surface area contributed by atoms with Crippen LogP contribution in [-0.2, 0) is 13.1 Å². The van der Waals surface area contributed by atoms with Gasteiger partial charge in [-0.25, -0.2) is 0 Å². The number of thioether (sulfide) groups is 1. The predicted molar refractivity (Wildman–Crippen MR) is 99.1 cm³/mol. The van der Waals surface area contributed by atoms with Crippen molar-refractivity contribution in [1.82, 2.24) is 14.7 Å². The van der Waals surface area contributed by atoms with Gasteiger partial charge in [0.15, 0.2) is 0 Å². The summed E-state index contributed by atoms with van der Waals surface area (Å²) in [7, 11) is 0. The summed E-state index contributed by atoms with van der Waals surface area (Å²) in [5.41, 5.74) is 3.71. The second-order valence-electron chi connectivity index (χ2n) is 6.56. The molecule has 0 atom stereocenters. The molecular formula is C18H33N3OS. The smallest absolute Gasteiger partial charge is 0.0644 e. The first-order chi connectivity index (χ1) is 11.2. The molecule has 1 N–H and O–H groups in total. The molecule has 0 spiro atoms. The van der Waals surface area contributed by atoms with Crippen LogP contribution >= 0.6 is 11.8 Å². The van der Waals surface area contributed by atoms with Gasteiger partial charge in [-0.1, -0.05) is 26.2 Å². The summed E-state index contributed by atoms with van der Waals surface area (Å²) in [4.78, 5) is 2.70. The van der Waals surface area contributed by atoms with Crippen LogP contribution in [0.4, 0.5) is 0 Å². The van der Waals surface area contributed by atoms with Gasteiger partial charge in [-0.3, -0.25) is 9.58 Å². The Kier molecular flexibility index (Phi) is 7.93. The molecule has 132 valence electrons. The number of hydrogen-bond acceptors (Lipinski definition) is 4. The van der Waals surface area contributed by atoms with Crippen molar-refractivity contribution in [2.75, 3.05) is 24.7 Å². The minimum atomic E-state index is 0.154. The van der Waals surface area contributed by atoms with E-state index < -0.39 is 0 Å². The number of rotatable bonds is 9. The lowest BCUT2D eigenvalue weighted by Crippen LogP contribution is -2.38. The predicted octanol–water partition coefficient (Wildman–Crippen LogP) is 3.38. The van der Waals surface area contributed by atoms with Gasteiger partial charge in [0.2, 0.25) is 0 Å². The van der Waals surface area contributed by atoms with Crippen LogP contribution in [0.25, 0.3) is 0 Å². The molecule has 4 nitrogen and oxygen atoms in total. The number of aliphatic hydroxyl groups is 1. The Labute approximate surface area is 145 Å². The van der Waals surface area contributed by atoms with E-state index in [9.17, 15) is 5.11 Å². The van der Waals surface area contributed by atoms with E-state index in [1.165, 1.54) is 61.4 Å². The van der Waals surface area contributed by atoms with E-state index in [-0.39, 0.29) is 6.61 Å². The van der Waals surface area contributed by atoms with Gasteiger partial charge in [-0.05, 0) is 32.4 Å². The first-order valence-corrected chi connectivity index (χ1v) is 10.3. The average molecular weight is 340 g/mol. The van der Waals surface area contributed by atoms with Crippen LogP contribution in [0.2, 0.25) is 0 Å². The van der Waals surface area contributed by atoms with Gasteiger partial charge >= 0.3 is 0 Å². The first kappa shape index (κ1) is 18.8. The minimum absolute atomic E-state index is 0.154. The molecule has 1 aromatic rings. The Bertz CT molecular complexity index is 469. The third kappa shape index (κ3) is 5.23. The van der Waals surface area contributed by atoms with E-state index in [1.807, 2.05) is 16.4 Å². The highest BCUT2D eigenvalue weighted by atomic mass is 32.2. The standard InChI is InChI=1S/C18H33N3OS/c1-4-23-13-11-20(17-8-6-5-7-9-17)14-18-15(2)19-21(10-12-22)16(18)3/h17,22H,4-14H2,1-3H3. The summed E-state index contributed by atoms with van der Waals surface area (Å²) in [6.07, 6.45) is 6.85. The van der Waals surface area contributed by atoms with Crippen LogP contribution < -0.4 is 0 Å². The normalized spacial score (nSPS) is 16.4. The molecule has 1 fully saturated rings. The fraction of sp³-hybridized carbons (Fsp3) is 0.833. The lowest BCUT2D eigenvalue weighted by Gasteiger charge is -2.34. The summed E-state index contributed by atoms with van der Waals surface area (Å²) < 4.78 is 1.96. The number of aromatic nitrogens is 2. The molecule has 0 bridgehead atoms. The SMILES string of the molecule is CCSCCN(Cc1c(C)nn(CCO)c1C)C1CCCCC1. The molecule has 0 saturated heterocycles. The van der Waals surface area contributed by atoms with E-state index in [2.05, 4.69) is 30.8 Å². The van der Waals surface area contributed by atoms with Crippen molar-refractivity contribution >= 4 is 11.8 Å². The van der Waals surface area contributed by atoms with Crippen LogP contribution in [0.15, 0.2) is 0 Å². The van der Waals surface area contributed by atoms with Gasteiger partial charge in [-0.2, -0.15) is 16.9 Å². The monoisotopic (exact) mass is 339 g/mol. The zero-order chi connectivity index (χ0) is 16.7. The van der Waals surface area contributed by atoms with Gasteiger partial charge in [0.05, 0.1) is 18.8 Å². The Hall–Kier alpha value is -0.520. The zero-order valence-corrected chi connectivity index (χ0v) is 15.9. The van der Waals surface area contributed by atoms with Crippen LogP contribution in [0.3, 0.4) is 0 Å². The number of nitrogens with zero attached hydrogens (tertiary/aromatic N) is 3. The number of hydrogen-bond donors (Lipinski definition) is 1. The topological polar surface area (TPSA) is 41.3 Å². The molecule has 1 aromatic heterocycles. The molecule has 1 aliphatic rings. The van der Waals surface area contributed by atoms with E-state index in [4.69, 9.17) is 0 Å². The third-order valence-corrected chi connectivity index (χ3v) is 5.90. The highest BCUT2D eigenvalue weighted by Gasteiger charge is 2.23. The van der Waals surface area contributed by atoms with Crippen LogP contribution in [0.1, 0.15) is 56.0 Å². The zero-order valence-electron chi connectivity index (χ0n) is 15.1. The molecule has 23 heavy (non-hydrogen) atoms. The minimum Gasteiger partial charge on any atom is -0.394 e.